The number of hydrogen-bond donors (Lipinski definition) is 2. The van der Waals surface area contributed by atoms with Crippen molar-refractivity contribution in [3.63, 3.8) is 0 Å². The maximum Gasteiger partial charge on any atom is 0.321 e. The van der Waals surface area contributed by atoms with Crippen LogP contribution in [0.25, 0.3) is 10.9 Å². The van der Waals surface area contributed by atoms with Gasteiger partial charge in [0.2, 0.25) is 0 Å². The first-order chi connectivity index (χ1) is 6.16. The average molecular weight is 177 g/mol. The van der Waals surface area contributed by atoms with E-state index < -0.39 is 4.92 Å². The topological polar surface area (TPSA) is 84.9 Å². The van der Waals surface area contributed by atoms with Crippen LogP contribution in [0.4, 0.5) is 11.5 Å². The van der Waals surface area contributed by atoms with Crippen molar-refractivity contribution in [1.29, 1.82) is 0 Å². The van der Waals surface area contributed by atoms with Crippen molar-refractivity contribution in [1.82, 2.24) is 4.98 Å². The van der Waals surface area contributed by atoms with Crippen LogP contribution in [-0.2, 0) is 0 Å². The highest BCUT2D eigenvalue weighted by Crippen LogP contribution is 2.21. The molecule has 0 atom stereocenters. The van der Waals surface area contributed by atoms with Gasteiger partial charge in [-0.1, -0.05) is 0 Å². The molecule has 0 fully saturated rings. The molecule has 0 aliphatic heterocycles. The first-order valence-electron chi connectivity index (χ1n) is 3.69. The fourth-order valence-electron chi connectivity index (χ4n) is 1.23. The first-order valence-corrected chi connectivity index (χ1v) is 3.69. The summed E-state index contributed by atoms with van der Waals surface area (Å²) in [6, 6.07) is 6.60. The minimum absolute atomic E-state index is 0.0133. The number of aromatic amines is 1. The van der Waals surface area contributed by atoms with Gasteiger partial charge in [0, 0.05) is 23.2 Å². The van der Waals surface area contributed by atoms with Crippen LogP contribution in [0.3, 0.4) is 0 Å². The monoisotopic (exact) mass is 177 g/mol. The van der Waals surface area contributed by atoms with Crippen molar-refractivity contribution in [2.75, 3.05) is 5.73 Å². The van der Waals surface area contributed by atoms with Crippen molar-refractivity contribution in [3.8, 4) is 0 Å². The van der Waals surface area contributed by atoms with Gasteiger partial charge in [-0.15, -0.1) is 0 Å². The molecule has 1 heterocycles. The van der Waals surface area contributed by atoms with E-state index in [0.29, 0.717) is 11.2 Å². The van der Waals surface area contributed by atoms with Crippen LogP contribution in [0.5, 0.6) is 0 Å². The Bertz CT molecular complexity index is 475. The second-order valence-corrected chi connectivity index (χ2v) is 2.76. The van der Waals surface area contributed by atoms with Crippen LogP contribution in [0.2, 0.25) is 0 Å². The number of fused-ring (bicyclic) bond motifs is 1. The number of nitrogens with zero attached hydrogens (tertiary/aromatic N) is 1. The van der Waals surface area contributed by atoms with E-state index in [1.807, 2.05) is 0 Å². The predicted octanol–water partition coefficient (Wildman–Crippen LogP) is 1.66. The molecule has 2 aromatic rings. The number of H-pyrrole nitrogens is 1. The van der Waals surface area contributed by atoms with Gasteiger partial charge in [-0.05, 0) is 17.1 Å². The third kappa shape index (κ3) is 1.20. The Morgan fingerprint density at radius 2 is 2.15 bits per heavy atom. The van der Waals surface area contributed by atoms with Crippen LogP contribution in [0.1, 0.15) is 0 Å². The Kier molecular flexibility index (Phi) is 1.45. The molecule has 3 N–H and O–H groups in total. The summed E-state index contributed by atoms with van der Waals surface area (Å²) in [5.41, 5.74) is 6.79. The lowest BCUT2D eigenvalue weighted by Crippen LogP contribution is -1.86. The molecule has 0 spiro atoms. The van der Waals surface area contributed by atoms with Gasteiger partial charge in [-0.3, -0.25) is 0 Å². The lowest BCUT2D eigenvalue weighted by Gasteiger charge is -1.88. The van der Waals surface area contributed by atoms with Crippen molar-refractivity contribution < 1.29 is 4.92 Å². The molecule has 1 aromatic carbocycles. The molecule has 0 bridgehead atoms. The lowest BCUT2D eigenvalue weighted by atomic mass is 10.2. The van der Waals surface area contributed by atoms with Crippen LogP contribution < -0.4 is 5.73 Å². The van der Waals surface area contributed by atoms with Gasteiger partial charge in [0.05, 0.1) is 0 Å². The number of rotatable bonds is 1. The number of nitrogens with one attached hydrogen (secondary N) is 1. The van der Waals surface area contributed by atoms with E-state index in [0.717, 1.165) is 5.39 Å². The molecule has 5 nitrogen and oxygen atoms in total. The number of nitro groups is 1. The maximum atomic E-state index is 10.4. The molecule has 1 aromatic heterocycles. The lowest BCUT2D eigenvalue weighted by molar-refractivity contribution is -0.389. The number of nitrogen functional groups attached to an aromatic ring is 1. The van der Waals surface area contributed by atoms with Gasteiger partial charge in [0.15, 0.2) is 0 Å². The maximum absolute atomic E-state index is 10.4. The molecule has 0 amide bonds. The second kappa shape index (κ2) is 2.48. The third-order valence-corrected chi connectivity index (χ3v) is 1.83. The van der Waals surface area contributed by atoms with Crippen molar-refractivity contribution >= 4 is 22.4 Å². The van der Waals surface area contributed by atoms with Crippen molar-refractivity contribution in [2.24, 2.45) is 0 Å². The van der Waals surface area contributed by atoms with Crippen LogP contribution in [-0.4, -0.2) is 9.91 Å². The number of anilines is 1. The Labute approximate surface area is 73.3 Å². The van der Waals surface area contributed by atoms with Gasteiger partial charge in [0.1, 0.15) is 5.52 Å². The fraction of sp³-hybridized carbons (Fsp3) is 0. The van der Waals surface area contributed by atoms with Gasteiger partial charge >= 0.3 is 5.82 Å². The van der Waals surface area contributed by atoms with Gasteiger partial charge in [0.25, 0.3) is 0 Å². The summed E-state index contributed by atoms with van der Waals surface area (Å²) in [7, 11) is 0. The highest BCUT2D eigenvalue weighted by atomic mass is 16.6. The smallest absolute Gasteiger partial charge is 0.321 e. The van der Waals surface area contributed by atoms with E-state index in [1.165, 1.54) is 6.07 Å². The molecule has 0 aliphatic carbocycles. The fourth-order valence-corrected chi connectivity index (χ4v) is 1.23. The molecule has 13 heavy (non-hydrogen) atoms. The van der Waals surface area contributed by atoms with Crippen molar-refractivity contribution in [2.45, 2.75) is 0 Å². The van der Waals surface area contributed by atoms with E-state index in [9.17, 15) is 10.1 Å². The average Bonchev–Trinajstić information content (AvgIpc) is 2.46. The Morgan fingerprint density at radius 3 is 2.85 bits per heavy atom. The molecule has 0 saturated carbocycles. The highest BCUT2D eigenvalue weighted by molar-refractivity contribution is 5.84. The number of aromatic nitrogens is 1. The van der Waals surface area contributed by atoms with Crippen LogP contribution >= 0.6 is 0 Å². The molecular weight excluding hydrogens is 170 g/mol. The molecule has 66 valence electrons. The quantitative estimate of drug-likeness (QED) is 0.394. The second-order valence-electron chi connectivity index (χ2n) is 2.76. The van der Waals surface area contributed by atoms with E-state index in [4.69, 9.17) is 5.73 Å². The van der Waals surface area contributed by atoms with Gasteiger partial charge < -0.3 is 15.8 Å². The zero-order valence-electron chi connectivity index (χ0n) is 6.65. The van der Waals surface area contributed by atoms with Crippen LogP contribution in [0, 0.1) is 10.1 Å². The summed E-state index contributed by atoms with van der Waals surface area (Å²) in [6.45, 7) is 0. The molecule has 2 rings (SSSR count). The minimum Gasteiger partial charge on any atom is -0.399 e. The summed E-state index contributed by atoms with van der Waals surface area (Å²) in [4.78, 5) is 12.6. The molecular formula is C8H7N3O2. The summed E-state index contributed by atoms with van der Waals surface area (Å²) in [5.74, 6) is -0.0133. The Morgan fingerprint density at radius 1 is 1.38 bits per heavy atom. The SMILES string of the molecule is Nc1ccc2cc([N+](=O)[O-])[nH]c2c1. The minimum atomic E-state index is -0.462. The molecule has 0 saturated heterocycles. The van der Waals surface area contributed by atoms with E-state index >= 15 is 0 Å². The van der Waals surface area contributed by atoms with Gasteiger partial charge in [-0.2, -0.15) is 0 Å². The molecule has 0 aliphatic rings. The number of benzene rings is 1. The Hall–Kier alpha value is -2.04. The highest BCUT2D eigenvalue weighted by Gasteiger charge is 2.08. The summed E-state index contributed by atoms with van der Waals surface area (Å²) in [6.07, 6.45) is 0. The number of hydrogen-bond acceptors (Lipinski definition) is 3. The molecule has 0 radical (unpaired) electrons. The molecule has 5 heteroatoms. The third-order valence-electron chi connectivity index (χ3n) is 1.83. The molecule has 0 unspecified atom stereocenters. The largest absolute Gasteiger partial charge is 0.399 e. The summed E-state index contributed by atoms with van der Waals surface area (Å²) >= 11 is 0. The number of nitrogens with two attached hydrogens (primary N) is 1. The standard InChI is InChI=1S/C8H7N3O2/c9-6-2-1-5-3-8(11(12)13)10-7(5)4-6/h1-4,10H,9H2. The summed E-state index contributed by atoms with van der Waals surface area (Å²) in [5, 5.41) is 11.2. The van der Waals surface area contributed by atoms with E-state index in [-0.39, 0.29) is 5.82 Å². The van der Waals surface area contributed by atoms with E-state index in [2.05, 4.69) is 4.98 Å². The predicted molar refractivity (Wildman–Crippen MR) is 49.4 cm³/mol. The normalized spacial score (nSPS) is 10.5. The van der Waals surface area contributed by atoms with E-state index in [1.54, 1.807) is 18.2 Å². The summed E-state index contributed by atoms with van der Waals surface area (Å²) < 4.78 is 0. The zero-order valence-corrected chi connectivity index (χ0v) is 6.65. The van der Waals surface area contributed by atoms with Crippen molar-refractivity contribution in [3.05, 3.63) is 34.4 Å². The first kappa shape index (κ1) is 7.60. The Balaban J connectivity index is 2.68. The van der Waals surface area contributed by atoms with Gasteiger partial charge in [-0.25, -0.2) is 4.98 Å². The van der Waals surface area contributed by atoms with Crippen LogP contribution in [0.15, 0.2) is 24.3 Å². The zero-order chi connectivity index (χ0) is 9.42.